The van der Waals surface area contributed by atoms with Gasteiger partial charge in [-0.3, -0.25) is 4.98 Å². The number of fused-ring (bicyclic) bond motifs is 1. The number of anilines is 2. The van der Waals surface area contributed by atoms with Crippen molar-refractivity contribution in [1.82, 2.24) is 4.98 Å². The van der Waals surface area contributed by atoms with Gasteiger partial charge in [0.15, 0.2) is 0 Å². The van der Waals surface area contributed by atoms with Crippen LogP contribution in [0.5, 0.6) is 5.75 Å². The Kier molecular flexibility index (Phi) is 3.48. The molecule has 0 amide bonds. The van der Waals surface area contributed by atoms with Crippen LogP contribution < -0.4 is 10.1 Å². The second-order valence-corrected chi connectivity index (χ2v) is 5.11. The molecule has 3 heteroatoms. The van der Waals surface area contributed by atoms with Gasteiger partial charge >= 0.3 is 0 Å². The minimum Gasteiger partial charge on any atom is -0.497 e. The maximum absolute atomic E-state index is 5.25. The highest BCUT2D eigenvalue weighted by molar-refractivity contribution is 5.93. The van der Waals surface area contributed by atoms with Gasteiger partial charge in [0.2, 0.25) is 0 Å². The van der Waals surface area contributed by atoms with Crippen molar-refractivity contribution in [3.8, 4) is 5.75 Å². The first-order valence-corrected chi connectivity index (χ1v) is 6.95. The van der Waals surface area contributed by atoms with Gasteiger partial charge in [-0.05, 0) is 49.2 Å². The summed E-state index contributed by atoms with van der Waals surface area (Å²) < 4.78 is 5.25. The molecule has 0 bridgehead atoms. The van der Waals surface area contributed by atoms with Crippen molar-refractivity contribution in [1.29, 1.82) is 0 Å². The Bertz CT molecular complexity index is 796. The Hall–Kier alpha value is -2.55. The van der Waals surface area contributed by atoms with E-state index in [-0.39, 0.29) is 0 Å². The molecule has 1 N–H and O–H groups in total. The fraction of sp³-hybridized carbons (Fsp3) is 0.167. The third-order valence-electron chi connectivity index (χ3n) is 3.82. The van der Waals surface area contributed by atoms with Crippen LogP contribution in [0.3, 0.4) is 0 Å². The lowest BCUT2D eigenvalue weighted by atomic mass is 10.1. The van der Waals surface area contributed by atoms with E-state index in [4.69, 9.17) is 4.74 Å². The SMILES string of the molecule is COc1ccc2c(Nc3cccc(C)c3C)ccnc2c1. The van der Waals surface area contributed by atoms with Gasteiger partial charge in [0.25, 0.3) is 0 Å². The van der Waals surface area contributed by atoms with Gasteiger partial charge in [-0.1, -0.05) is 12.1 Å². The van der Waals surface area contributed by atoms with Crippen LogP contribution in [0.1, 0.15) is 11.1 Å². The summed E-state index contributed by atoms with van der Waals surface area (Å²) in [6, 6.07) is 14.2. The summed E-state index contributed by atoms with van der Waals surface area (Å²) in [5, 5.41) is 4.60. The van der Waals surface area contributed by atoms with E-state index in [1.165, 1.54) is 11.1 Å². The summed E-state index contributed by atoms with van der Waals surface area (Å²) in [5.41, 5.74) is 5.63. The Morgan fingerprint density at radius 2 is 1.86 bits per heavy atom. The van der Waals surface area contributed by atoms with Crippen molar-refractivity contribution in [3.05, 3.63) is 59.8 Å². The minimum atomic E-state index is 0.818. The van der Waals surface area contributed by atoms with Crippen molar-refractivity contribution in [2.24, 2.45) is 0 Å². The van der Waals surface area contributed by atoms with Crippen molar-refractivity contribution in [3.63, 3.8) is 0 Å². The molecule has 0 aliphatic carbocycles. The number of aromatic nitrogens is 1. The highest BCUT2D eigenvalue weighted by atomic mass is 16.5. The van der Waals surface area contributed by atoms with Crippen LogP contribution >= 0.6 is 0 Å². The largest absolute Gasteiger partial charge is 0.497 e. The monoisotopic (exact) mass is 278 g/mol. The Balaban J connectivity index is 2.06. The molecule has 0 saturated carbocycles. The van der Waals surface area contributed by atoms with Gasteiger partial charge in [-0.2, -0.15) is 0 Å². The highest BCUT2D eigenvalue weighted by Gasteiger charge is 2.06. The first-order chi connectivity index (χ1) is 10.2. The Morgan fingerprint density at radius 1 is 1.00 bits per heavy atom. The van der Waals surface area contributed by atoms with E-state index in [2.05, 4.69) is 42.3 Å². The molecule has 0 radical (unpaired) electrons. The second-order valence-electron chi connectivity index (χ2n) is 5.11. The van der Waals surface area contributed by atoms with Crippen molar-refractivity contribution in [2.75, 3.05) is 12.4 Å². The van der Waals surface area contributed by atoms with E-state index in [0.29, 0.717) is 0 Å². The van der Waals surface area contributed by atoms with Crippen molar-refractivity contribution in [2.45, 2.75) is 13.8 Å². The zero-order valence-corrected chi connectivity index (χ0v) is 12.5. The number of aryl methyl sites for hydroxylation is 1. The number of pyridine rings is 1. The molecule has 2 aromatic carbocycles. The number of benzene rings is 2. The summed E-state index contributed by atoms with van der Waals surface area (Å²) in [6.45, 7) is 4.25. The topological polar surface area (TPSA) is 34.1 Å². The fourth-order valence-electron chi connectivity index (χ4n) is 2.40. The van der Waals surface area contributed by atoms with Gasteiger partial charge < -0.3 is 10.1 Å². The molecule has 3 nitrogen and oxygen atoms in total. The number of hydrogen-bond donors (Lipinski definition) is 1. The van der Waals surface area contributed by atoms with Crippen LogP contribution in [0.25, 0.3) is 10.9 Å². The predicted octanol–water partition coefficient (Wildman–Crippen LogP) is 4.60. The first-order valence-electron chi connectivity index (χ1n) is 6.95. The van der Waals surface area contributed by atoms with Crippen LogP contribution in [-0.4, -0.2) is 12.1 Å². The number of nitrogens with zero attached hydrogens (tertiary/aromatic N) is 1. The van der Waals surface area contributed by atoms with Gasteiger partial charge in [0.05, 0.1) is 12.6 Å². The van der Waals surface area contributed by atoms with E-state index in [1.54, 1.807) is 7.11 Å². The zero-order chi connectivity index (χ0) is 14.8. The number of ether oxygens (including phenoxy) is 1. The third kappa shape index (κ3) is 2.55. The van der Waals surface area contributed by atoms with Crippen molar-refractivity contribution < 1.29 is 4.74 Å². The van der Waals surface area contributed by atoms with Crippen LogP contribution in [0.15, 0.2) is 48.7 Å². The molecule has 0 aliphatic heterocycles. The van der Waals surface area contributed by atoms with Crippen LogP contribution in [0, 0.1) is 13.8 Å². The van der Waals surface area contributed by atoms with E-state index in [1.807, 2.05) is 30.5 Å². The fourth-order valence-corrected chi connectivity index (χ4v) is 2.40. The molecule has 0 spiro atoms. The minimum absolute atomic E-state index is 0.818. The molecule has 0 unspecified atom stereocenters. The highest BCUT2D eigenvalue weighted by Crippen LogP contribution is 2.29. The molecule has 0 atom stereocenters. The molecular formula is C18H18N2O. The quantitative estimate of drug-likeness (QED) is 0.760. The lowest BCUT2D eigenvalue weighted by Gasteiger charge is -2.13. The smallest absolute Gasteiger partial charge is 0.121 e. The van der Waals surface area contributed by atoms with Crippen molar-refractivity contribution >= 4 is 22.3 Å². The molecule has 1 heterocycles. The predicted molar refractivity (Wildman–Crippen MR) is 87.5 cm³/mol. The maximum Gasteiger partial charge on any atom is 0.121 e. The second kappa shape index (κ2) is 5.44. The Morgan fingerprint density at radius 3 is 2.67 bits per heavy atom. The van der Waals surface area contributed by atoms with Gasteiger partial charge in [-0.15, -0.1) is 0 Å². The Labute approximate surface area is 124 Å². The molecule has 106 valence electrons. The van der Waals surface area contributed by atoms with E-state index in [9.17, 15) is 0 Å². The van der Waals surface area contributed by atoms with E-state index < -0.39 is 0 Å². The third-order valence-corrected chi connectivity index (χ3v) is 3.82. The summed E-state index contributed by atoms with van der Waals surface area (Å²) in [7, 11) is 1.67. The molecule has 3 rings (SSSR count). The maximum atomic E-state index is 5.25. The molecule has 21 heavy (non-hydrogen) atoms. The zero-order valence-electron chi connectivity index (χ0n) is 12.5. The standard InChI is InChI=1S/C18H18N2O/c1-12-5-4-6-16(13(12)2)20-17-9-10-19-18-11-14(21-3)7-8-15(17)18/h4-11H,1-3H3,(H,19,20). The number of hydrogen-bond acceptors (Lipinski definition) is 3. The van der Waals surface area contributed by atoms with Crippen LogP contribution in [0.2, 0.25) is 0 Å². The van der Waals surface area contributed by atoms with Gasteiger partial charge in [-0.25, -0.2) is 0 Å². The molecule has 1 aromatic heterocycles. The number of rotatable bonds is 3. The molecule has 0 aliphatic rings. The number of methoxy groups -OCH3 is 1. The summed E-state index contributed by atoms with van der Waals surface area (Å²) in [5.74, 6) is 0.818. The van der Waals surface area contributed by atoms with Gasteiger partial charge in [0.1, 0.15) is 5.75 Å². The lowest BCUT2D eigenvalue weighted by molar-refractivity contribution is 0.415. The van der Waals surface area contributed by atoms with Crippen LogP contribution in [-0.2, 0) is 0 Å². The first kappa shape index (κ1) is 13.4. The molecule has 3 aromatic rings. The molecule has 0 saturated heterocycles. The van der Waals surface area contributed by atoms with Crippen LogP contribution in [0.4, 0.5) is 11.4 Å². The summed E-state index contributed by atoms with van der Waals surface area (Å²) >= 11 is 0. The lowest BCUT2D eigenvalue weighted by Crippen LogP contribution is -1.96. The van der Waals surface area contributed by atoms with E-state index in [0.717, 1.165) is 28.0 Å². The molecular weight excluding hydrogens is 260 g/mol. The van der Waals surface area contributed by atoms with E-state index >= 15 is 0 Å². The van der Waals surface area contributed by atoms with Gasteiger partial charge in [0, 0.05) is 29.0 Å². The molecule has 0 fully saturated rings. The normalized spacial score (nSPS) is 10.6. The average molecular weight is 278 g/mol. The summed E-state index contributed by atoms with van der Waals surface area (Å²) in [6.07, 6.45) is 1.81. The summed E-state index contributed by atoms with van der Waals surface area (Å²) in [4.78, 5) is 4.41. The average Bonchev–Trinajstić information content (AvgIpc) is 2.51. The number of nitrogens with one attached hydrogen (secondary N) is 1.